The van der Waals surface area contributed by atoms with Crippen LogP contribution in [0.15, 0.2) is 51.7 Å². The van der Waals surface area contributed by atoms with E-state index in [9.17, 15) is 14.4 Å². The van der Waals surface area contributed by atoms with Gasteiger partial charge in [-0.1, -0.05) is 23.7 Å². The second-order valence-electron chi connectivity index (χ2n) is 7.18. The molecule has 2 aromatic carbocycles. The lowest BCUT2D eigenvalue weighted by atomic mass is 9.97. The van der Waals surface area contributed by atoms with Gasteiger partial charge in [-0.2, -0.15) is 0 Å². The summed E-state index contributed by atoms with van der Waals surface area (Å²) in [6.45, 7) is 0.837. The Morgan fingerprint density at radius 1 is 1.13 bits per heavy atom. The molecular formula is C23H20ClNO6. The highest BCUT2D eigenvalue weighted by atomic mass is 35.5. The molecule has 0 aliphatic carbocycles. The number of methoxy groups -OCH3 is 2. The minimum Gasteiger partial charge on any atom is -0.465 e. The molecule has 4 rings (SSSR count). The van der Waals surface area contributed by atoms with Gasteiger partial charge in [0.1, 0.15) is 5.58 Å². The summed E-state index contributed by atoms with van der Waals surface area (Å²) in [6.07, 6.45) is 0.590. The van der Waals surface area contributed by atoms with Crippen molar-refractivity contribution in [3.8, 4) is 0 Å². The van der Waals surface area contributed by atoms with Crippen LogP contribution in [-0.2, 0) is 9.47 Å². The Balaban J connectivity index is 1.87. The number of halogens is 1. The largest absolute Gasteiger partial charge is 0.465 e. The van der Waals surface area contributed by atoms with Gasteiger partial charge in [0.2, 0.25) is 5.76 Å². The molecule has 31 heavy (non-hydrogen) atoms. The number of benzene rings is 2. The third-order valence-electron chi connectivity index (χ3n) is 5.32. The van der Waals surface area contributed by atoms with Crippen LogP contribution in [0, 0.1) is 0 Å². The second-order valence-corrected chi connectivity index (χ2v) is 7.61. The standard InChI is InChI=1S/C23H20ClNO6/c1-29-11-3-10-25-19(13-4-6-14(7-5-13)23(28)30-2)18-20(26)16-12-15(24)8-9-17(16)31-21(18)22(25)27/h4-9,12,19H,3,10-11H2,1-2H3. The third kappa shape index (κ3) is 3.71. The topological polar surface area (TPSA) is 86.0 Å². The first-order valence-corrected chi connectivity index (χ1v) is 10.1. The lowest BCUT2D eigenvalue weighted by Crippen LogP contribution is -2.31. The van der Waals surface area contributed by atoms with Crippen LogP contribution < -0.4 is 5.43 Å². The molecule has 1 unspecified atom stereocenters. The second kappa shape index (κ2) is 8.53. The van der Waals surface area contributed by atoms with Gasteiger partial charge in [0.15, 0.2) is 5.43 Å². The molecule has 0 spiro atoms. The molecule has 0 bridgehead atoms. The van der Waals surface area contributed by atoms with Gasteiger partial charge in [0.25, 0.3) is 5.91 Å². The molecule has 160 valence electrons. The van der Waals surface area contributed by atoms with Crippen LogP contribution in [0.1, 0.15) is 44.5 Å². The van der Waals surface area contributed by atoms with Crippen LogP contribution >= 0.6 is 11.6 Å². The average molecular weight is 442 g/mol. The average Bonchev–Trinajstić information content (AvgIpc) is 3.06. The number of hydrogen-bond donors (Lipinski definition) is 0. The van der Waals surface area contributed by atoms with Gasteiger partial charge in [-0.3, -0.25) is 9.59 Å². The molecule has 7 nitrogen and oxygen atoms in total. The van der Waals surface area contributed by atoms with E-state index in [-0.39, 0.29) is 22.7 Å². The van der Waals surface area contributed by atoms with Gasteiger partial charge in [-0.25, -0.2) is 4.79 Å². The first-order valence-electron chi connectivity index (χ1n) is 9.70. The maximum absolute atomic E-state index is 13.4. The lowest BCUT2D eigenvalue weighted by molar-refractivity contribution is 0.0599. The number of carbonyl (C=O) groups is 2. The highest BCUT2D eigenvalue weighted by molar-refractivity contribution is 6.31. The molecule has 1 amide bonds. The van der Waals surface area contributed by atoms with Crippen LogP contribution in [0.2, 0.25) is 5.02 Å². The van der Waals surface area contributed by atoms with Gasteiger partial charge in [-0.05, 0) is 42.3 Å². The molecule has 0 radical (unpaired) electrons. The van der Waals surface area contributed by atoms with E-state index in [1.165, 1.54) is 7.11 Å². The first kappa shape index (κ1) is 21.1. The Labute approximate surface area is 183 Å². The van der Waals surface area contributed by atoms with E-state index < -0.39 is 12.0 Å². The number of rotatable bonds is 6. The first-order chi connectivity index (χ1) is 15.0. The summed E-state index contributed by atoms with van der Waals surface area (Å²) >= 11 is 6.08. The monoisotopic (exact) mass is 441 g/mol. The highest BCUT2D eigenvalue weighted by Gasteiger charge is 2.42. The zero-order valence-corrected chi connectivity index (χ0v) is 17.8. The van der Waals surface area contributed by atoms with Crippen molar-refractivity contribution in [1.82, 2.24) is 4.90 Å². The number of fused-ring (bicyclic) bond motifs is 2. The predicted octanol–water partition coefficient (Wildman–Crippen LogP) is 3.81. The van der Waals surface area contributed by atoms with Crippen molar-refractivity contribution in [2.75, 3.05) is 27.4 Å². The van der Waals surface area contributed by atoms with Gasteiger partial charge >= 0.3 is 5.97 Å². The Hall–Kier alpha value is -3.16. The number of esters is 1. The van der Waals surface area contributed by atoms with Crippen LogP contribution in [0.4, 0.5) is 0 Å². The minimum atomic E-state index is -0.648. The molecule has 0 fully saturated rings. The van der Waals surface area contributed by atoms with Gasteiger partial charge in [0.05, 0.1) is 29.7 Å². The number of amides is 1. The van der Waals surface area contributed by atoms with Crippen LogP contribution in [0.5, 0.6) is 0 Å². The Morgan fingerprint density at radius 3 is 2.55 bits per heavy atom. The molecule has 3 aromatic rings. The summed E-state index contributed by atoms with van der Waals surface area (Å²) in [5, 5.41) is 0.717. The normalized spacial score (nSPS) is 15.4. The van der Waals surface area contributed by atoms with Crippen molar-refractivity contribution in [2.24, 2.45) is 0 Å². The van der Waals surface area contributed by atoms with Crippen molar-refractivity contribution in [3.63, 3.8) is 0 Å². The van der Waals surface area contributed by atoms with Gasteiger partial charge < -0.3 is 18.8 Å². The quantitative estimate of drug-likeness (QED) is 0.427. The molecule has 1 atom stereocenters. The smallest absolute Gasteiger partial charge is 0.337 e. The van der Waals surface area contributed by atoms with Crippen molar-refractivity contribution >= 4 is 34.4 Å². The Kier molecular flexibility index (Phi) is 5.80. The van der Waals surface area contributed by atoms with E-state index in [0.717, 1.165) is 0 Å². The molecule has 1 aromatic heterocycles. The maximum Gasteiger partial charge on any atom is 0.337 e. The molecule has 1 aliphatic rings. The van der Waals surface area contributed by atoms with Crippen LogP contribution in [0.3, 0.4) is 0 Å². The molecule has 0 N–H and O–H groups in total. The van der Waals surface area contributed by atoms with Crippen LogP contribution in [-0.4, -0.2) is 44.1 Å². The molecule has 0 saturated heterocycles. The molecule has 8 heteroatoms. The number of ether oxygens (including phenoxy) is 2. The molecule has 0 saturated carbocycles. The van der Waals surface area contributed by atoms with Crippen molar-refractivity contribution in [1.29, 1.82) is 0 Å². The minimum absolute atomic E-state index is 0.0271. The lowest BCUT2D eigenvalue weighted by Gasteiger charge is -2.25. The zero-order chi connectivity index (χ0) is 22.1. The number of hydrogen-bond acceptors (Lipinski definition) is 6. The Bertz CT molecular complexity index is 1220. The summed E-state index contributed by atoms with van der Waals surface area (Å²) in [5.74, 6) is -0.798. The molecular weight excluding hydrogens is 422 g/mol. The highest BCUT2D eigenvalue weighted by Crippen LogP contribution is 2.38. The molecule has 1 aliphatic heterocycles. The summed E-state index contributed by atoms with van der Waals surface area (Å²) in [4.78, 5) is 40.0. The van der Waals surface area contributed by atoms with E-state index in [1.54, 1.807) is 54.5 Å². The fourth-order valence-corrected chi connectivity index (χ4v) is 4.04. The summed E-state index contributed by atoms with van der Waals surface area (Å²) in [6, 6.07) is 10.7. The van der Waals surface area contributed by atoms with E-state index in [1.807, 2.05) is 0 Å². The van der Waals surface area contributed by atoms with Crippen molar-refractivity contribution < 1.29 is 23.5 Å². The van der Waals surface area contributed by atoms with Gasteiger partial charge in [0, 0.05) is 25.3 Å². The summed E-state index contributed by atoms with van der Waals surface area (Å²) in [7, 11) is 2.90. The fraction of sp³-hybridized carbons (Fsp3) is 0.261. The number of nitrogens with zero attached hydrogens (tertiary/aromatic N) is 1. The maximum atomic E-state index is 13.4. The van der Waals surface area contributed by atoms with E-state index in [0.29, 0.717) is 46.7 Å². The Morgan fingerprint density at radius 2 is 1.87 bits per heavy atom. The predicted molar refractivity (Wildman–Crippen MR) is 115 cm³/mol. The van der Waals surface area contributed by atoms with Crippen LogP contribution in [0.25, 0.3) is 11.0 Å². The fourth-order valence-electron chi connectivity index (χ4n) is 3.87. The van der Waals surface area contributed by atoms with E-state index >= 15 is 0 Å². The van der Waals surface area contributed by atoms with Gasteiger partial charge in [-0.15, -0.1) is 0 Å². The SMILES string of the molecule is COCCCN1C(=O)c2oc3ccc(Cl)cc3c(=O)c2C1c1ccc(C(=O)OC)cc1. The summed E-state index contributed by atoms with van der Waals surface area (Å²) in [5.41, 5.74) is 1.33. The molecule has 2 heterocycles. The summed E-state index contributed by atoms with van der Waals surface area (Å²) < 4.78 is 15.7. The van der Waals surface area contributed by atoms with E-state index in [2.05, 4.69) is 0 Å². The number of carbonyl (C=O) groups excluding carboxylic acids is 2. The zero-order valence-electron chi connectivity index (χ0n) is 17.0. The van der Waals surface area contributed by atoms with E-state index in [4.69, 9.17) is 25.5 Å². The van der Waals surface area contributed by atoms with Crippen molar-refractivity contribution in [3.05, 3.63) is 80.2 Å². The third-order valence-corrected chi connectivity index (χ3v) is 5.56. The van der Waals surface area contributed by atoms with Crippen molar-refractivity contribution in [2.45, 2.75) is 12.5 Å².